The largest absolute Gasteiger partial charge is 0.405 e. The van der Waals surface area contributed by atoms with Crippen LogP contribution >= 0.6 is 11.8 Å². The molecule has 1 saturated heterocycles. The Balaban J connectivity index is 1.89. The normalized spacial score (nSPS) is 21.7. The Morgan fingerprint density at radius 2 is 2.04 bits per heavy atom. The lowest BCUT2D eigenvalue weighted by atomic mass is 10.1. The van der Waals surface area contributed by atoms with E-state index in [1.807, 2.05) is 0 Å². The molecule has 2 N–H and O–H groups in total. The molecule has 0 bridgehead atoms. The van der Waals surface area contributed by atoms with E-state index in [-0.39, 0.29) is 12.2 Å². The van der Waals surface area contributed by atoms with Gasteiger partial charge in [-0.2, -0.15) is 13.2 Å². The second kappa shape index (κ2) is 7.20. The molecule has 4 nitrogen and oxygen atoms in total. The summed E-state index contributed by atoms with van der Waals surface area (Å²) in [4.78, 5) is 23.6. The van der Waals surface area contributed by atoms with Crippen LogP contribution < -0.4 is 10.6 Å². The van der Waals surface area contributed by atoms with Crippen molar-refractivity contribution in [1.29, 1.82) is 0 Å². The molecule has 2 atom stereocenters. The van der Waals surface area contributed by atoms with Gasteiger partial charge in [-0.05, 0) is 18.1 Å². The van der Waals surface area contributed by atoms with Gasteiger partial charge >= 0.3 is 6.18 Å². The fraction of sp³-hybridized carbons (Fsp3) is 0.429. The number of hydrogen-bond acceptors (Lipinski definition) is 3. The van der Waals surface area contributed by atoms with Gasteiger partial charge in [0.2, 0.25) is 11.8 Å². The number of benzene rings is 1. The molecule has 1 fully saturated rings. The molecular formula is C14H14F4N2O2S. The van der Waals surface area contributed by atoms with Crippen LogP contribution in [0.15, 0.2) is 24.3 Å². The number of carbonyl (C=O) groups excluding carboxylic acids is 2. The topological polar surface area (TPSA) is 58.2 Å². The fourth-order valence-corrected chi connectivity index (χ4v) is 3.24. The molecule has 1 aromatic carbocycles. The van der Waals surface area contributed by atoms with Crippen molar-refractivity contribution >= 4 is 23.6 Å². The van der Waals surface area contributed by atoms with Gasteiger partial charge < -0.3 is 10.6 Å². The van der Waals surface area contributed by atoms with Crippen LogP contribution in [0.2, 0.25) is 0 Å². The average molecular weight is 350 g/mol. The first-order valence-electron chi connectivity index (χ1n) is 6.76. The van der Waals surface area contributed by atoms with E-state index >= 15 is 0 Å². The van der Waals surface area contributed by atoms with E-state index in [0.717, 1.165) is 11.8 Å². The van der Waals surface area contributed by atoms with Crippen molar-refractivity contribution in [3.8, 4) is 0 Å². The van der Waals surface area contributed by atoms with Crippen molar-refractivity contribution in [2.75, 3.05) is 12.3 Å². The lowest BCUT2D eigenvalue weighted by Gasteiger charge is -2.28. The van der Waals surface area contributed by atoms with Gasteiger partial charge in [0.25, 0.3) is 0 Å². The molecule has 0 spiro atoms. The van der Waals surface area contributed by atoms with Crippen LogP contribution in [0, 0.1) is 5.82 Å². The van der Waals surface area contributed by atoms with E-state index in [1.165, 1.54) is 12.1 Å². The standard InChI is InChI=1S/C14H14F4N2O2S/c15-9-4-2-1-3-8(9)5-11-13(22)20-10(6-23-11)12(21)19-7-14(16,17)18/h1-4,10-11H,5-7H2,(H,19,21)(H,20,22). The zero-order valence-corrected chi connectivity index (χ0v) is 12.6. The summed E-state index contributed by atoms with van der Waals surface area (Å²) < 4.78 is 49.8. The molecule has 0 saturated carbocycles. The SMILES string of the molecule is O=C(NCC(F)(F)F)C1CSC(Cc2ccccc2F)C(=O)N1. The van der Waals surface area contributed by atoms with Gasteiger partial charge in [-0.25, -0.2) is 4.39 Å². The predicted molar refractivity (Wildman–Crippen MR) is 77.3 cm³/mol. The van der Waals surface area contributed by atoms with Gasteiger partial charge in [0.1, 0.15) is 18.4 Å². The van der Waals surface area contributed by atoms with Crippen molar-refractivity contribution in [2.24, 2.45) is 0 Å². The van der Waals surface area contributed by atoms with Crippen LogP contribution in [-0.4, -0.2) is 41.6 Å². The highest BCUT2D eigenvalue weighted by molar-refractivity contribution is 8.00. The first-order valence-corrected chi connectivity index (χ1v) is 7.81. The molecule has 2 rings (SSSR count). The van der Waals surface area contributed by atoms with Crippen molar-refractivity contribution in [1.82, 2.24) is 10.6 Å². The van der Waals surface area contributed by atoms with Gasteiger partial charge in [0.05, 0.1) is 5.25 Å². The predicted octanol–water partition coefficient (Wildman–Crippen LogP) is 1.65. The quantitative estimate of drug-likeness (QED) is 0.812. The number of hydrogen-bond donors (Lipinski definition) is 2. The number of thioether (sulfide) groups is 1. The van der Waals surface area contributed by atoms with E-state index in [0.29, 0.717) is 5.56 Å². The summed E-state index contributed by atoms with van der Waals surface area (Å²) in [5.74, 6) is -1.66. The van der Waals surface area contributed by atoms with Crippen molar-refractivity contribution < 1.29 is 27.2 Å². The fourth-order valence-electron chi connectivity index (χ4n) is 2.06. The number of carbonyl (C=O) groups is 2. The van der Waals surface area contributed by atoms with Gasteiger partial charge in [0, 0.05) is 5.75 Å². The van der Waals surface area contributed by atoms with Crippen LogP contribution in [0.4, 0.5) is 17.6 Å². The minimum Gasteiger partial charge on any atom is -0.345 e. The Kier molecular flexibility index (Phi) is 5.51. The lowest BCUT2D eigenvalue weighted by Crippen LogP contribution is -2.55. The molecule has 9 heteroatoms. The number of nitrogens with one attached hydrogen (secondary N) is 2. The van der Waals surface area contributed by atoms with Gasteiger partial charge in [-0.1, -0.05) is 18.2 Å². The van der Waals surface area contributed by atoms with E-state index in [4.69, 9.17) is 0 Å². The molecule has 1 aliphatic rings. The third-order valence-corrected chi connectivity index (χ3v) is 4.52. The third kappa shape index (κ3) is 5.12. The highest BCUT2D eigenvalue weighted by Crippen LogP contribution is 2.23. The number of rotatable bonds is 4. The molecule has 0 radical (unpaired) electrons. The van der Waals surface area contributed by atoms with Crippen LogP contribution in [0.5, 0.6) is 0 Å². The Labute approximate surface area is 134 Å². The minimum absolute atomic E-state index is 0.133. The molecular weight excluding hydrogens is 336 g/mol. The Hall–Kier alpha value is -1.77. The van der Waals surface area contributed by atoms with E-state index in [2.05, 4.69) is 5.32 Å². The maximum atomic E-state index is 13.6. The third-order valence-electron chi connectivity index (χ3n) is 3.22. The molecule has 1 heterocycles. The Morgan fingerprint density at radius 1 is 1.35 bits per heavy atom. The number of amides is 2. The monoisotopic (exact) mass is 350 g/mol. The summed E-state index contributed by atoms with van der Waals surface area (Å²) in [5, 5.41) is 3.53. The minimum atomic E-state index is -4.51. The first-order chi connectivity index (χ1) is 10.8. The van der Waals surface area contributed by atoms with Gasteiger partial charge in [-0.15, -0.1) is 11.8 Å². The second-order valence-corrected chi connectivity index (χ2v) is 6.25. The molecule has 0 aromatic heterocycles. The summed E-state index contributed by atoms with van der Waals surface area (Å²) in [7, 11) is 0. The summed E-state index contributed by atoms with van der Waals surface area (Å²) in [5.41, 5.74) is 0.375. The molecule has 23 heavy (non-hydrogen) atoms. The summed E-state index contributed by atoms with van der Waals surface area (Å²) in [6.45, 7) is -1.44. The highest BCUT2D eigenvalue weighted by atomic mass is 32.2. The van der Waals surface area contributed by atoms with Gasteiger partial charge in [-0.3, -0.25) is 9.59 Å². The van der Waals surface area contributed by atoms with Gasteiger partial charge in [0.15, 0.2) is 0 Å². The maximum Gasteiger partial charge on any atom is 0.405 e. The maximum absolute atomic E-state index is 13.6. The Bertz CT molecular complexity index is 594. The van der Waals surface area contributed by atoms with Crippen molar-refractivity contribution in [2.45, 2.75) is 23.9 Å². The number of halogens is 4. The zero-order valence-electron chi connectivity index (χ0n) is 11.8. The Morgan fingerprint density at radius 3 is 2.65 bits per heavy atom. The smallest absolute Gasteiger partial charge is 0.345 e. The first kappa shape index (κ1) is 17.6. The van der Waals surface area contributed by atoms with Crippen LogP contribution in [0.1, 0.15) is 5.56 Å². The molecule has 1 aromatic rings. The van der Waals surface area contributed by atoms with Crippen LogP contribution in [-0.2, 0) is 16.0 Å². The molecule has 2 amide bonds. The molecule has 0 aliphatic carbocycles. The van der Waals surface area contributed by atoms with E-state index in [1.54, 1.807) is 17.4 Å². The van der Waals surface area contributed by atoms with E-state index < -0.39 is 41.6 Å². The van der Waals surface area contributed by atoms with Crippen molar-refractivity contribution in [3.63, 3.8) is 0 Å². The van der Waals surface area contributed by atoms with E-state index in [9.17, 15) is 27.2 Å². The average Bonchev–Trinajstić information content (AvgIpc) is 2.48. The lowest BCUT2D eigenvalue weighted by molar-refractivity contribution is -0.140. The molecule has 2 unspecified atom stereocenters. The molecule has 1 aliphatic heterocycles. The summed E-state index contributed by atoms with van der Waals surface area (Å²) in [6.07, 6.45) is -4.35. The van der Waals surface area contributed by atoms with Crippen molar-refractivity contribution in [3.05, 3.63) is 35.6 Å². The number of alkyl halides is 3. The summed E-state index contributed by atoms with van der Waals surface area (Å²) in [6, 6.07) is 5.01. The zero-order chi connectivity index (χ0) is 17.0. The molecule has 126 valence electrons. The summed E-state index contributed by atoms with van der Waals surface area (Å²) >= 11 is 1.12. The second-order valence-electron chi connectivity index (χ2n) is 5.01. The van der Waals surface area contributed by atoms with Crippen LogP contribution in [0.3, 0.4) is 0 Å². The highest BCUT2D eigenvalue weighted by Gasteiger charge is 2.34. The van der Waals surface area contributed by atoms with Crippen LogP contribution in [0.25, 0.3) is 0 Å².